The summed E-state index contributed by atoms with van der Waals surface area (Å²) in [5.41, 5.74) is 1.24. The summed E-state index contributed by atoms with van der Waals surface area (Å²) in [6.07, 6.45) is 5.29. The Bertz CT molecular complexity index is 792. The number of ketones is 1. The first-order valence-electron chi connectivity index (χ1n) is 10.9. The molecular formula is C24H34BNO4. The van der Waals surface area contributed by atoms with Gasteiger partial charge < -0.3 is 14.2 Å². The van der Waals surface area contributed by atoms with E-state index in [1.54, 1.807) is 6.08 Å². The summed E-state index contributed by atoms with van der Waals surface area (Å²) in [4.78, 5) is 24.5. The first-order chi connectivity index (χ1) is 14.1. The molecule has 162 valence electrons. The number of Topliss-reactive ketones (excluding diaryl/α,β-unsaturated/α-hetero) is 1. The van der Waals surface area contributed by atoms with Crippen molar-refractivity contribution in [2.45, 2.75) is 40.0 Å². The van der Waals surface area contributed by atoms with Crippen LogP contribution in [-0.2, 0) is 14.2 Å². The highest BCUT2D eigenvalue weighted by molar-refractivity contribution is 6.52. The van der Waals surface area contributed by atoms with Gasteiger partial charge in [0.05, 0.1) is 6.54 Å². The number of hydrogen-bond donors (Lipinski definition) is 1. The molecule has 4 rings (SSSR count). The van der Waals surface area contributed by atoms with Crippen LogP contribution in [0.3, 0.4) is 0 Å². The van der Waals surface area contributed by atoms with Crippen molar-refractivity contribution in [3.8, 4) is 0 Å². The lowest BCUT2D eigenvalue weighted by Crippen LogP contribution is -2.59. The molecule has 6 heteroatoms. The molecule has 4 atom stereocenters. The van der Waals surface area contributed by atoms with Crippen LogP contribution < -0.4 is 0 Å². The van der Waals surface area contributed by atoms with Crippen molar-refractivity contribution in [1.82, 2.24) is 0 Å². The maximum Gasteiger partial charge on any atom is 0.554 e. The molecule has 30 heavy (non-hydrogen) atoms. The van der Waals surface area contributed by atoms with Crippen LogP contribution in [0, 0.1) is 30.2 Å². The van der Waals surface area contributed by atoms with E-state index in [1.807, 2.05) is 30.3 Å². The van der Waals surface area contributed by atoms with Crippen molar-refractivity contribution in [3.63, 3.8) is 0 Å². The summed E-state index contributed by atoms with van der Waals surface area (Å²) in [5, 5.41) is 10.1. The Labute approximate surface area is 180 Å². The van der Waals surface area contributed by atoms with Crippen molar-refractivity contribution in [1.29, 1.82) is 0 Å². The zero-order valence-corrected chi connectivity index (χ0v) is 18.4. The minimum atomic E-state index is -1.33. The summed E-state index contributed by atoms with van der Waals surface area (Å²) in [6.45, 7) is 7.06. The van der Waals surface area contributed by atoms with Crippen molar-refractivity contribution >= 4 is 24.9 Å². The summed E-state index contributed by atoms with van der Waals surface area (Å²) in [7, 11) is 2.93. The van der Waals surface area contributed by atoms with Gasteiger partial charge in [-0.05, 0) is 48.1 Å². The van der Waals surface area contributed by atoms with Crippen LogP contribution in [0.2, 0.25) is 0 Å². The summed E-state index contributed by atoms with van der Waals surface area (Å²) >= 11 is 0. The maximum absolute atomic E-state index is 12.5. The van der Waals surface area contributed by atoms with E-state index in [0.717, 1.165) is 17.9 Å². The van der Waals surface area contributed by atoms with Gasteiger partial charge in [-0.2, -0.15) is 0 Å². The molecule has 0 amide bonds. The van der Waals surface area contributed by atoms with Gasteiger partial charge in [0.2, 0.25) is 0 Å². The highest BCUT2D eigenvalue weighted by atomic mass is 16.6. The smallest absolute Gasteiger partial charge is 0.502 e. The zero-order chi connectivity index (χ0) is 21.9. The quantitative estimate of drug-likeness (QED) is 0.384. The van der Waals surface area contributed by atoms with E-state index >= 15 is 0 Å². The van der Waals surface area contributed by atoms with Crippen molar-refractivity contribution in [2.24, 2.45) is 23.2 Å². The molecule has 3 aliphatic rings. The van der Waals surface area contributed by atoms with Crippen LogP contribution in [-0.4, -0.2) is 48.0 Å². The molecule has 3 saturated carbocycles. The van der Waals surface area contributed by atoms with E-state index in [2.05, 4.69) is 20.9 Å². The predicted molar refractivity (Wildman–Crippen MR) is 119 cm³/mol. The second kappa shape index (κ2) is 9.07. The van der Waals surface area contributed by atoms with Gasteiger partial charge in [-0.15, -0.1) is 7.05 Å². The Kier molecular flexibility index (Phi) is 6.88. The van der Waals surface area contributed by atoms with Gasteiger partial charge >= 0.3 is 13.1 Å². The van der Waals surface area contributed by atoms with Crippen LogP contribution in [0.15, 0.2) is 36.3 Å². The molecule has 0 aromatic heterocycles. The van der Waals surface area contributed by atoms with Gasteiger partial charge in [-0.3, -0.25) is 4.79 Å². The first kappa shape index (κ1) is 22.8. The molecule has 0 radical (unpaired) electrons. The van der Waals surface area contributed by atoms with Crippen LogP contribution in [0.25, 0.3) is 6.08 Å². The Morgan fingerprint density at radius 3 is 2.57 bits per heavy atom. The number of carbonyl (C=O) groups excluding carboxylic acids is 2. The van der Waals surface area contributed by atoms with Crippen LogP contribution >= 0.6 is 0 Å². The molecule has 0 spiro atoms. The average Bonchev–Trinajstić information content (AvgIpc) is 2.65. The van der Waals surface area contributed by atoms with E-state index in [4.69, 9.17) is 4.65 Å². The van der Waals surface area contributed by atoms with Gasteiger partial charge in [0.1, 0.15) is 6.54 Å². The molecule has 0 heterocycles. The minimum Gasteiger partial charge on any atom is -0.502 e. The molecule has 0 aliphatic heterocycles. The second-order valence-electron chi connectivity index (χ2n) is 9.89. The third-order valence-electron chi connectivity index (χ3n) is 7.15. The number of hydrogen-bond acceptors (Lipinski definition) is 4. The van der Waals surface area contributed by atoms with Crippen molar-refractivity contribution < 1.29 is 23.8 Å². The first-order valence-corrected chi connectivity index (χ1v) is 10.9. The summed E-state index contributed by atoms with van der Waals surface area (Å²) in [5.74, 6) is 2.78. The normalized spacial score (nSPS) is 26.5. The molecule has 1 N–H and O–H groups in total. The molecule has 3 aliphatic carbocycles. The number of fused-ring (bicyclic) bond motifs is 2. The Balaban J connectivity index is 1.60. The molecule has 1 unspecified atom stereocenters. The van der Waals surface area contributed by atoms with Crippen molar-refractivity contribution in [3.05, 3.63) is 48.9 Å². The van der Waals surface area contributed by atoms with Gasteiger partial charge in [0, 0.05) is 12.8 Å². The van der Waals surface area contributed by atoms with Gasteiger partial charge in [-0.25, -0.2) is 4.79 Å². The largest absolute Gasteiger partial charge is 0.554 e. The van der Waals surface area contributed by atoms with Gasteiger partial charge in [0.15, 0.2) is 12.3 Å². The lowest BCUT2D eigenvalue weighted by molar-refractivity contribution is -0.875. The maximum atomic E-state index is 12.5. The fourth-order valence-corrected chi connectivity index (χ4v) is 5.58. The summed E-state index contributed by atoms with van der Waals surface area (Å²) in [6, 6.07) is 9.49. The predicted octanol–water partition coefficient (Wildman–Crippen LogP) is 3.53. The Morgan fingerprint density at radius 2 is 1.97 bits per heavy atom. The zero-order valence-electron chi connectivity index (χ0n) is 18.4. The van der Waals surface area contributed by atoms with Crippen LogP contribution in [0.4, 0.5) is 0 Å². The average molecular weight is 411 g/mol. The van der Waals surface area contributed by atoms with E-state index in [1.165, 1.54) is 25.7 Å². The lowest BCUT2D eigenvalue weighted by Gasteiger charge is -2.61. The number of benzene rings is 1. The third-order valence-corrected chi connectivity index (χ3v) is 7.15. The van der Waals surface area contributed by atoms with Crippen LogP contribution in [0.5, 0.6) is 0 Å². The fraction of sp³-hybridized carbons (Fsp3) is 0.542. The van der Waals surface area contributed by atoms with Crippen LogP contribution in [0.1, 0.15) is 45.6 Å². The summed E-state index contributed by atoms with van der Waals surface area (Å²) < 4.78 is 5.27. The molecule has 1 aromatic rings. The molecule has 1 aromatic carbocycles. The van der Waals surface area contributed by atoms with Gasteiger partial charge in [0.25, 0.3) is 0 Å². The molecule has 3 fully saturated rings. The number of carbonyl (C=O) groups is 2. The lowest BCUT2D eigenvalue weighted by atomic mass is 9.45. The van der Waals surface area contributed by atoms with E-state index in [9.17, 15) is 14.6 Å². The third kappa shape index (κ3) is 5.41. The highest BCUT2D eigenvalue weighted by Gasteiger charge is 2.55. The SMILES string of the molecule is [CH2-][N+](CC(C)=O)(CC(=O)OB(O)/C=C/c1ccccc1)C[C@H]1CC[C@@H]2C[C@H]1C2(C)C. The van der Waals surface area contributed by atoms with E-state index in [-0.39, 0.29) is 23.4 Å². The van der Waals surface area contributed by atoms with E-state index < -0.39 is 13.1 Å². The monoisotopic (exact) mass is 411 g/mol. The minimum absolute atomic E-state index is 0.00359. The molecular weight excluding hydrogens is 377 g/mol. The second-order valence-corrected chi connectivity index (χ2v) is 9.89. The standard InChI is InChI=1S/C24H34BNO4/c1-18(27)15-26(4,16-20-10-11-21-14-22(20)24(21,2)3)17-23(28)30-25(29)13-12-19-8-6-5-7-9-19/h5-9,12-13,20-22,29H,4,10-11,14-17H2,1-3H3/b13-12+/t20-,21-,22-,26?/m1/s1. The topological polar surface area (TPSA) is 63.6 Å². The molecule has 0 saturated heterocycles. The number of quaternary nitrogens is 1. The fourth-order valence-electron chi connectivity index (χ4n) is 5.58. The number of nitrogens with zero attached hydrogens (tertiary/aromatic N) is 1. The Morgan fingerprint density at radius 1 is 1.27 bits per heavy atom. The van der Waals surface area contributed by atoms with E-state index in [0.29, 0.717) is 23.8 Å². The highest BCUT2D eigenvalue weighted by Crippen LogP contribution is 2.61. The van der Waals surface area contributed by atoms with Gasteiger partial charge in [-0.1, -0.05) is 50.3 Å². The molecule has 5 nitrogen and oxygen atoms in total. The van der Waals surface area contributed by atoms with Crippen molar-refractivity contribution in [2.75, 3.05) is 19.6 Å². The Hall–Kier alpha value is -1.92. The molecule has 2 bridgehead atoms. The number of rotatable bonds is 9.